The van der Waals surface area contributed by atoms with Gasteiger partial charge in [-0.15, -0.1) is 0 Å². The molecule has 3 amide bonds. The molecule has 37 heavy (non-hydrogen) atoms. The maximum Gasteiger partial charge on any atom is 0.416 e. The Bertz CT molecular complexity index is 920. The second-order valence-corrected chi connectivity index (χ2v) is 8.48. The lowest BCUT2D eigenvalue weighted by Gasteiger charge is -2.21. The Morgan fingerprint density at radius 3 is 1.95 bits per heavy atom. The van der Waals surface area contributed by atoms with Crippen LogP contribution >= 0.6 is 11.6 Å². The molecule has 0 aliphatic carbocycles. The van der Waals surface area contributed by atoms with Gasteiger partial charge < -0.3 is 15.1 Å². The van der Waals surface area contributed by atoms with Crippen molar-refractivity contribution in [1.29, 1.82) is 0 Å². The van der Waals surface area contributed by atoms with Crippen LogP contribution < -0.4 is 5.32 Å². The number of nitrogens with one attached hydrogen (secondary N) is 1. The van der Waals surface area contributed by atoms with Crippen molar-refractivity contribution in [2.45, 2.75) is 79.7 Å². The molecular formula is C28H41ClF3N3O2. The highest BCUT2D eigenvalue weighted by molar-refractivity contribution is 6.30. The fourth-order valence-electron chi connectivity index (χ4n) is 3.30. The summed E-state index contributed by atoms with van der Waals surface area (Å²) in [4.78, 5) is 26.2. The van der Waals surface area contributed by atoms with Crippen LogP contribution in [0.1, 0.15) is 71.1 Å². The van der Waals surface area contributed by atoms with Crippen LogP contribution in [0.3, 0.4) is 0 Å². The van der Waals surface area contributed by atoms with Gasteiger partial charge in [-0.25, -0.2) is 4.79 Å². The number of hydrogen-bond donors (Lipinski definition) is 1. The van der Waals surface area contributed by atoms with Crippen molar-refractivity contribution < 1.29 is 22.8 Å². The molecule has 1 aliphatic heterocycles. The Kier molecular flexibility index (Phi) is 16.4. The van der Waals surface area contributed by atoms with E-state index in [4.69, 9.17) is 11.6 Å². The summed E-state index contributed by atoms with van der Waals surface area (Å²) in [5.74, 6) is 0.0648. The number of likely N-dealkylation sites (tertiary alicyclic amines) is 1. The van der Waals surface area contributed by atoms with Gasteiger partial charge in [0.1, 0.15) is 0 Å². The van der Waals surface area contributed by atoms with Crippen molar-refractivity contribution in [3.05, 3.63) is 70.2 Å². The standard InChI is InChI=1S/C14H17F3N2O.C10H12ClNO.2C2H6/c1-10-3-2-8-19(10)13(20)18-9-11-4-6-12(7-5-11)14(15,16)17;1-8(13)12(2)7-9-3-5-10(11)6-4-9;2*1-2/h4-7,10H,2-3,8-9H2,1H3,(H,18,20);3-6H,7H2,1-2H3;2*1-2H3. The molecule has 0 radical (unpaired) electrons. The van der Waals surface area contributed by atoms with E-state index >= 15 is 0 Å². The van der Waals surface area contributed by atoms with Gasteiger partial charge in [0, 0.05) is 44.7 Å². The highest BCUT2D eigenvalue weighted by Crippen LogP contribution is 2.29. The van der Waals surface area contributed by atoms with E-state index in [9.17, 15) is 22.8 Å². The summed E-state index contributed by atoms with van der Waals surface area (Å²) in [6.07, 6.45) is -2.34. The number of hydrogen-bond acceptors (Lipinski definition) is 2. The number of carbonyl (C=O) groups excluding carboxylic acids is 2. The van der Waals surface area contributed by atoms with Gasteiger partial charge in [0.2, 0.25) is 5.91 Å². The van der Waals surface area contributed by atoms with E-state index in [0.29, 0.717) is 17.1 Å². The topological polar surface area (TPSA) is 52.7 Å². The molecule has 1 N–H and O–H groups in total. The Morgan fingerprint density at radius 2 is 1.51 bits per heavy atom. The van der Waals surface area contributed by atoms with Gasteiger partial charge in [0.25, 0.3) is 0 Å². The summed E-state index contributed by atoms with van der Waals surface area (Å²) < 4.78 is 37.2. The van der Waals surface area contributed by atoms with Crippen molar-refractivity contribution in [2.75, 3.05) is 13.6 Å². The molecule has 2 aromatic rings. The summed E-state index contributed by atoms with van der Waals surface area (Å²) >= 11 is 5.73. The minimum absolute atomic E-state index is 0.0648. The lowest BCUT2D eigenvalue weighted by molar-refractivity contribution is -0.137. The molecule has 2 aromatic carbocycles. The molecule has 0 bridgehead atoms. The zero-order valence-corrected chi connectivity index (χ0v) is 23.7. The molecule has 1 aliphatic rings. The third-order valence-electron chi connectivity index (χ3n) is 5.41. The summed E-state index contributed by atoms with van der Waals surface area (Å²) in [7, 11) is 1.77. The van der Waals surface area contributed by atoms with E-state index in [-0.39, 0.29) is 24.5 Å². The second kappa shape index (κ2) is 17.7. The molecule has 9 heteroatoms. The predicted molar refractivity (Wildman–Crippen MR) is 145 cm³/mol. The Balaban J connectivity index is 0.000000660. The quantitative estimate of drug-likeness (QED) is 0.428. The normalized spacial score (nSPS) is 14.1. The van der Waals surface area contributed by atoms with Crippen LogP contribution in [0.4, 0.5) is 18.0 Å². The van der Waals surface area contributed by atoms with Gasteiger partial charge in [-0.3, -0.25) is 4.79 Å². The molecule has 0 aromatic heterocycles. The molecule has 1 unspecified atom stereocenters. The van der Waals surface area contributed by atoms with Crippen LogP contribution in [0.2, 0.25) is 5.02 Å². The van der Waals surface area contributed by atoms with Crippen LogP contribution in [0.25, 0.3) is 0 Å². The summed E-state index contributed by atoms with van der Waals surface area (Å²) in [6.45, 7) is 13.1. The van der Waals surface area contributed by atoms with Crippen LogP contribution in [0.5, 0.6) is 0 Å². The van der Waals surface area contributed by atoms with Gasteiger partial charge in [-0.1, -0.05) is 63.6 Å². The predicted octanol–water partition coefficient (Wildman–Crippen LogP) is 7.77. The Labute approximate surface area is 225 Å². The van der Waals surface area contributed by atoms with Crippen molar-refractivity contribution in [1.82, 2.24) is 15.1 Å². The number of carbonyl (C=O) groups is 2. The number of alkyl halides is 3. The highest BCUT2D eigenvalue weighted by Gasteiger charge is 2.30. The fraction of sp³-hybridized carbons (Fsp3) is 0.500. The van der Waals surface area contributed by atoms with Gasteiger partial charge in [0.15, 0.2) is 0 Å². The first kappa shape index (κ1) is 34.3. The number of amides is 3. The van der Waals surface area contributed by atoms with E-state index in [1.807, 2.05) is 58.9 Å². The van der Waals surface area contributed by atoms with Gasteiger partial charge >= 0.3 is 12.2 Å². The smallest absolute Gasteiger partial charge is 0.342 e. The van der Waals surface area contributed by atoms with Gasteiger partial charge in [-0.2, -0.15) is 13.2 Å². The van der Waals surface area contributed by atoms with Crippen molar-refractivity contribution >= 4 is 23.5 Å². The average Bonchev–Trinajstić information content (AvgIpc) is 3.32. The fourth-order valence-corrected chi connectivity index (χ4v) is 3.43. The first-order chi connectivity index (χ1) is 17.5. The molecule has 0 saturated carbocycles. The lowest BCUT2D eigenvalue weighted by Crippen LogP contribution is -2.41. The van der Waals surface area contributed by atoms with E-state index in [2.05, 4.69) is 5.32 Å². The lowest BCUT2D eigenvalue weighted by atomic mass is 10.1. The molecule has 5 nitrogen and oxygen atoms in total. The Hall–Kier alpha value is -2.74. The van der Waals surface area contributed by atoms with Crippen LogP contribution in [-0.2, 0) is 24.1 Å². The minimum Gasteiger partial charge on any atom is -0.342 e. The van der Waals surface area contributed by atoms with Crippen molar-refractivity contribution in [3.8, 4) is 0 Å². The summed E-state index contributed by atoms with van der Waals surface area (Å²) in [5, 5.41) is 3.45. The zero-order chi connectivity index (χ0) is 28.6. The summed E-state index contributed by atoms with van der Waals surface area (Å²) in [5.41, 5.74) is 1.06. The van der Waals surface area contributed by atoms with Gasteiger partial charge in [-0.05, 0) is 55.2 Å². The molecule has 1 saturated heterocycles. The number of nitrogens with zero attached hydrogens (tertiary/aromatic N) is 2. The molecule has 3 rings (SSSR count). The van der Waals surface area contributed by atoms with Crippen LogP contribution in [0, 0.1) is 0 Å². The molecule has 208 valence electrons. The Morgan fingerprint density at radius 1 is 1.00 bits per heavy atom. The molecule has 0 spiro atoms. The maximum absolute atomic E-state index is 12.4. The van der Waals surface area contributed by atoms with Crippen molar-refractivity contribution in [2.24, 2.45) is 0 Å². The van der Waals surface area contributed by atoms with Gasteiger partial charge in [0.05, 0.1) is 5.56 Å². The molecule has 1 fully saturated rings. The molecular weight excluding hydrogens is 503 g/mol. The monoisotopic (exact) mass is 543 g/mol. The van der Waals surface area contributed by atoms with E-state index in [0.717, 1.165) is 37.1 Å². The first-order valence-electron chi connectivity index (χ1n) is 12.6. The summed E-state index contributed by atoms with van der Waals surface area (Å²) in [6, 6.07) is 12.4. The number of urea groups is 1. The van der Waals surface area contributed by atoms with Crippen LogP contribution in [0.15, 0.2) is 48.5 Å². The molecule has 1 heterocycles. The molecule has 1 atom stereocenters. The third-order valence-corrected chi connectivity index (χ3v) is 5.66. The average molecular weight is 544 g/mol. The number of benzene rings is 2. The third kappa shape index (κ3) is 12.9. The van der Waals surface area contributed by atoms with E-state index in [1.54, 1.807) is 23.8 Å². The van der Waals surface area contributed by atoms with Crippen molar-refractivity contribution in [3.63, 3.8) is 0 Å². The first-order valence-corrected chi connectivity index (χ1v) is 13.0. The largest absolute Gasteiger partial charge is 0.416 e. The SMILES string of the molecule is CC.CC.CC(=O)N(C)Cc1ccc(Cl)cc1.CC1CCCN1C(=O)NCc1ccc(C(F)(F)F)cc1. The van der Waals surface area contributed by atoms with E-state index < -0.39 is 11.7 Å². The van der Waals surface area contributed by atoms with E-state index in [1.165, 1.54) is 12.1 Å². The highest BCUT2D eigenvalue weighted by atomic mass is 35.5. The maximum atomic E-state index is 12.4. The minimum atomic E-state index is -4.33. The number of halogens is 4. The zero-order valence-electron chi connectivity index (χ0n) is 23.0. The number of rotatable bonds is 4. The van der Waals surface area contributed by atoms with Crippen LogP contribution in [-0.4, -0.2) is 41.4 Å². The second-order valence-electron chi connectivity index (χ2n) is 8.04.